The second-order valence-corrected chi connectivity index (χ2v) is 8.18. The number of rotatable bonds is 8. The van der Waals surface area contributed by atoms with E-state index >= 15 is 0 Å². The van der Waals surface area contributed by atoms with Gasteiger partial charge in [0.25, 0.3) is 5.91 Å². The molecule has 0 fully saturated rings. The maximum atomic E-state index is 13.2. The Hall–Kier alpha value is -3.13. The van der Waals surface area contributed by atoms with Crippen molar-refractivity contribution in [2.75, 3.05) is 5.75 Å². The van der Waals surface area contributed by atoms with Gasteiger partial charge in [0.1, 0.15) is 17.3 Å². The van der Waals surface area contributed by atoms with E-state index in [9.17, 15) is 17.6 Å². The Labute approximate surface area is 168 Å². The van der Waals surface area contributed by atoms with Crippen molar-refractivity contribution in [3.8, 4) is 5.75 Å². The van der Waals surface area contributed by atoms with Gasteiger partial charge in [-0.2, -0.15) is 8.42 Å². The van der Waals surface area contributed by atoms with Crippen LogP contribution in [0.25, 0.3) is 0 Å². The Bertz CT molecular complexity index is 1060. The van der Waals surface area contributed by atoms with Gasteiger partial charge in [0.15, 0.2) is 0 Å². The number of furan rings is 1. The van der Waals surface area contributed by atoms with Crippen LogP contribution < -0.4 is 4.18 Å². The molecule has 0 aliphatic heterocycles. The van der Waals surface area contributed by atoms with E-state index in [1.54, 1.807) is 30.3 Å². The molecular formula is C21H20FNO5S. The first kappa shape index (κ1) is 20.6. The number of nitrogens with zero attached hydrogens (tertiary/aromatic N) is 1. The van der Waals surface area contributed by atoms with Crippen molar-refractivity contribution in [1.82, 2.24) is 4.90 Å². The van der Waals surface area contributed by atoms with Crippen LogP contribution in [0.5, 0.6) is 5.75 Å². The summed E-state index contributed by atoms with van der Waals surface area (Å²) in [5.74, 6) is -0.127. The zero-order valence-corrected chi connectivity index (χ0v) is 16.6. The highest BCUT2D eigenvalue weighted by molar-refractivity contribution is 7.87. The van der Waals surface area contributed by atoms with Crippen LogP contribution in [0.3, 0.4) is 0 Å². The lowest BCUT2D eigenvalue weighted by Crippen LogP contribution is -2.30. The molecule has 0 aliphatic rings. The van der Waals surface area contributed by atoms with Crippen molar-refractivity contribution >= 4 is 16.0 Å². The molecule has 8 heteroatoms. The summed E-state index contributed by atoms with van der Waals surface area (Å²) in [6, 6.07) is 15.3. The Morgan fingerprint density at radius 3 is 2.48 bits per heavy atom. The van der Waals surface area contributed by atoms with Gasteiger partial charge in [0.2, 0.25) is 0 Å². The summed E-state index contributed by atoms with van der Waals surface area (Å²) in [7, 11) is -3.65. The number of carbonyl (C=O) groups is 1. The van der Waals surface area contributed by atoms with Gasteiger partial charge in [-0.15, -0.1) is 0 Å². The van der Waals surface area contributed by atoms with Crippen molar-refractivity contribution in [2.24, 2.45) is 0 Å². The lowest BCUT2D eigenvalue weighted by Gasteiger charge is -2.22. The summed E-state index contributed by atoms with van der Waals surface area (Å²) in [5.41, 5.74) is 1.01. The van der Waals surface area contributed by atoms with E-state index in [0.29, 0.717) is 16.9 Å². The van der Waals surface area contributed by atoms with Crippen LogP contribution in [0.2, 0.25) is 0 Å². The molecule has 29 heavy (non-hydrogen) atoms. The lowest BCUT2D eigenvalue weighted by molar-refractivity contribution is 0.0717. The highest BCUT2D eigenvalue weighted by Gasteiger charge is 2.19. The van der Waals surface area contributed by atoms with E-state index < -0.39 is 15.9 Å². The zero-order chi connectivity index (χ0) is 20.9. The highest BCUT2D eigenvalue weighted by atomic mass is 32.2. The van der Waals surface area contributed by atoms with Crippen LogP contribution in [0.4, 0.5) is 4.39 Å². The third kappa shape index (κ3) is 5.68. The number of amides is 1. The summed E-state index contributed by atoms with van der Waals surface area (Å²) in [6.07, 6.45) is 1.51. The standard InChI is InChI=1S/C21H20FNO5S/c1-2-29(25,26)28-19-6-3-5-16(13-19)14-23(15-20-7-4-12-27-20)21(24)17-8-10-18(22)11-9-17/h3-13H,2,14-15H2,1H3. The van der Waals surface area contributed by atoms with Crippen molar-refractivity contribution in [1.29, 1.82) is 0 Å². The number of benzene rings is 2. The molecule has 0 saturated heterocycles. The third-order valence-corrected chi connectivity index (χ3v) is 5.31. The topological polar surface area (TPSA) is 76.8 Å². The fourth-order valence-electron chi connectivity index (χ4n) is 2.69. The molecule has 3 rings (SSSR count). The normalized spacial score (nSPS) is 11.2. The van der Waals surface area contributed by atoms with Gasteiger partial charge in [-0.05, 0) is 61.0 Å². The van der Waals surface area contributed by atoms with Crippen LogP contribution in [0.15, 0.2) is 71.3 Å². The first-order valence-corrected chi connectivity index (χ1v) is 10.5. The molecule has 152 valence electrons. The minimum absolute atomic E-state index is 0.148. The molecule has 0 spiro atoms. The molecule has 0 unspecified atom stereocenters. The molecule has 6 nitrogen and oxygen atoms in total. The molecule has 0 radical (unpaired) electrons. The molecule has 3 aromatic rings. The van der Waals surface area contributed by atoms with Gasteiger partial charge in [0.05, 0.1) is 18.6 Å². The maximum Gasteiger partial charge on any atom is 0.308 e. The van der Waals surface area contributed by atoms with Crippen molar-refractivity contribution in [2.45, 2.75) is 20.0 Å². The van der Waals surface area contributed by atoms with Gasteiger partial charge in [-0.3, -0.25) is 4.79 Å². The average molecular weight is 417 g/mol. The molecule has 0 N–H and O–H groups in total. The van der Waals surface area contributed by atoms with E-state index in [1.807, 2.05) is 0 Å². The summed E-state index contributed by atoms with van der Waals surface area (Å²) in [5, 5.41) is 0. The average Bonchev–Trinajstić information content (AvgIpc) is 3.21. The van der Waals surface area contributed by atoms with Crippen LogP contribution >= 0.6 is 0 Å². The molecule has 1 amide bonds. The lowest BCUT2D eigenvalue weighted by atomic mass is 10.1. The molecule has 2 aromatic carbocycles. The van der Waals surface area contributed by atoms with Crippen molar-refractivity contribution in [3.63, 3.8) is 0 Å². The van der Waals surface area contributed by atoms with Gasteiger partial charge in [-0.25, -0.2) is 4.39 Å². The number of hydrogen-bond acceptors (Lipinski definition) is 5. The summed E-state index contributed by atoms with van der Waals surface area (Å²) >= 11 is 0. The van der Waals surface area contributed by atoms with Crippen LogP contribution in [-0.2, 0) is 23.2 Å². The molecule has 0 aliphatic carbocycles. The smallest absolute Gasteiger partial charge is 0.308 e. The molecule has 1 heterocycles. The zero-order valence-electron chi connectivity index (χ0n) is 15.7. The summed E-state index contributed by atoms with van der Waals surface area (Å²) < 4.78 is 47.0. The SMILES string of the molecule is CCS(=O)(=O)Oc1cccc(CN(Cc2ccco2)C(=O)c2ccc(F)cc2)c1. The van der Waals surface area contributed by atoms with Gasteiger partial charge in [0, 0.05) is 12.1 Å². The Balaban J connectivity index is 1.85. The second-order valence-electron chi connectivity index (χ2n) is 6.32. The molecule has 1 aromatic heterocycles. The second kappa shape index (κ2) is 8.91. The molecular weight excluding hydrogens is 397 g/mol. The van der Waals surface area contributed by atoms with E-state index in [0.717, 1.165) is 0 Å². The van der Waals surface area contributed by atoms with Crippen LogP contribution in [-0.4, -0.2) is 25.0 Å². The quantitative estimate of drug-likeness (QED) is 0.518. The Kier molecular flexibility index (Phi) is 6.33. The third-order valence-electron chi connectivity index (χ3n) is 4.15. The maximum absolute atomic E-state index is 13.2. The fourth-order valence-corrected chi connectivity index (χ4v) is 3.20. The van der Waals surface area contributed by atoms with E-state index in [2.05, 4.69) is 0 Å². The number of hydrogen-bond donors (Lipinski definition) is 0. The van der Waals surface area contributed by atoms with Crippen LogP contribution in [0, 0.1) is 5.82 Å². The minimum atomic E-state index is -3.65. The Morgan fingerprint density at radius 1 is 1.07 bits per heavy atom. The fraction of sp³-hybridized carbons (Fsp3) is 0.190. The number of carbonyl (C=O) groups excluding carboxylic acids is 1. The van der Waals surface area contributed by atoms with E-state index in [1.165, 1.54) is 48.4 Å². The first-order valence-electron chi connectivity index (χ1n) is 8.94. The predicted octanol–water partition coefficient (Wildman–Crippen LogP) is 3.99. The van der Waals surface area contributed by atoms with Gasteiger partial charge >= 0.3 is 10.1 Å². The molecule has 0 saturated carbocycles. The van der Waals surface area contributed by atoms with Gasteiger partial charge < -0.3 is 13.5 Å². The van der Waals surface area contributed by atoms with E-state index in [4.69, 9.17) is 8.60 Å². The first-order chi connectivity index (χ1) is 13.9. The van der Waals surface area contributed by atoms with Crippen LogP contribution in [0.1, 0.15) is 28.6 Å². The Morgan fingerprint density at radius 2 is 1.83 bits per heavy atom. The van der Waals surface area contributed by atoms with Gasteiger partial charge in [-0.1, -0.05) is 12.1 Å². The molecule has 0 bridgehead atoms. The minimum Gasteiger partial charge on any atom is -0.467 e. The monoisotopic (exact) mass is 417 g/mol. The summed E-state index contributed by atoms with van der Waals surface area (Å²) in [6.45, 7) is 1.87. The number of halogens is 1. The largest absolute Gasteiger partial charge is 0.467 e. The molecule has 0 atom stereocenters. The van der Waals surface area contributed by atoms with Crippen molar-refractivity contribution in [3.05, 3.63) is 89.6 Å². The van der Waals surface area contributed by atoms with E-state index in [-0.39, 0.29) is 30.5 Å². The highest BCUT2D eigenvalue weighted by Crippen LogP contribution is 2.20. The predicted molar refractivity (Wildman–Crippen MR) is 105 cm³/mol. The van der Waals surface area contributed by atoms with Crippen molar-refractivity contribution < 1.29 is 26.2 Å². The summed E-state index contributed by atoms with van der Waals surface area (Å²) in [4.78, 5) is 14.5.